The van der Waals surface area contributed by atoms with Crippen LogP contribution in [0.2, 0.25) is 0 Å². The molecule has 10 heteroatoms. The van der Waals surface area contributed by atoms with Crippen molar-refractivity contribution in [3.05, 3.63) is 41.0 Å². The maximum absolute atomic E-state index is 13.4. The van der Waals surface area contributed by atoms with E-state index in [1.54, 1.807) is 41.7 Å². The molecular weight excluding hydrogens is 502 g/mol. The van der Waals surface area contributed by atoms with E-state index in [1.807, 2.05) is 31.2 Å². The first-order valence-electron chi connectivity index (χ1n) is 13.2. The van der Waals surface area contributed by atoms with Crippen molar-refractivity contribution in [2.24, 2.45) is 5.92 Å². The lowest BCUT2D eigenvalue weighted by Gasteiger charge is -2.24. The van der Waals surface area contributed by atoms with Gasteiger partial charge in [0, 0.05) is 13.3 Å². The first kappa shape index (κ1) is 31.3. The molecule has 2 atom stereocenters. The number of benzene rings is 1. The van der Waals surface area contributed by atoms with Gasteiger partial charge in [0.15, 0.2) is 0 Å². The monoisotopic (exact) mass is 542 g/mol. The fraction of sp³-hybridized carbons (Fsp3) is 0.517. The molecule has 2 amide bonds. The summed E-state index contributed by atoms with van der Waals surface area (Å²) in [5.74, 6) is -1.63. The van der Waals surface area contributed by atoms with Gasteiger partial charge in [-0.05, 0) is 50.8 Å². The van der Waals surface area contributed by atoms with Crippen molar-refractivity contribution < 1.29 is 33.4 Å². The SMILES string of the molecule is CCOC(=O)CCC(NC(=O)[C@@H](NC(=O)C1=C(C)C(Cc2ccc(OC)cc2)=[N+]=C1C)C(C)C)C(=O)OCC. The lowest BCUT2D eigenvalue weighted by Crippen LogP contribution is -2.54. The summed E-state index contributed by atoms with van der Waals surface area (Å²) in [5, 5.41) is 5.47. The van der Waals surface area contributed by atoms with Crippen LogP contribution in [0.1, 0.15) is 59.9 Å². The molecule has 1 aliphatic rings. The predicted molar refractivity (Wildman–Crippen MR) is 148 cm³/mol. The molecule has 1 aliphatic heterocycles. The molecule has 1 heterocycles. The third-order valence-corrected chi connectivity index (χ3v) is 6.30. The van der Waals surface area contributed by atoms with Gasteiger partial charge in [-0.15, -0.1) is 0 Å². The van der Waals surface area contributed by atoms with Crippen LogP contribution in [-0.4, -0.2) is 67.6 Å². The Morgan fingerprint density at radius 3 is 2.15 bits per heavy atom. The average molecular weight is 543 g/mol. The second-order valence-electron chi connectivity index (χ2n) is 9.52. The molecule has 10 nitrogen and oxygen atoms in total. The minimum Gasteiger partial charge on any atom is -0.497 e. The highest BCUT2D eigenvalue weighted by molar-refractivity contribution is 6.29. The Kier molecular flexibility index (Phi) is 11.9. The molecule has 0 fully saturated rings. The lowest BCUT2D eigenvalue weighted by molar-refractivity contribution is -0.149. The second-order valence-corrected chi connectivity index (χ2v) is 9.52. The topological polar surface area (TPSA) is 134 Å². The van der Waals surface area contributed by atoms with Gasteiger partial charge in [-0.1, -0.05) is 30.6 Å². The van der Waals surface area contributed by atoms with Gasteiger partial charge in [-0.3, -0.25) is 14.4 Å². The Morgan fingerprint density at radius 1 is 0.949 bits per heavy atom. The summed E-state index contributed by atoms with van der Waals surface area (Å²) < 4.78 is 19.8. The number of esters is 2. The van der Waals surface area contributed by atoms with E-state index in [0.29, 0.717) is 17.7 Å². The van der Waals surface area contributed by atoms with E-state index in [9.17, 15) is 19.2 Å². The molecule has 1 aromatic rings. The van der Waals surface area contributed by atoms with Gasteiger partial charge in [0.2, 0.25) is 5.91 Å². The summed E-state index contributed by atoms with van der Waals surface area (Å²) in [4.78, 5) is 50.9. The van der Waals surface area contributed by atoms with Crippen LogP contribution in [0.4, 0.5) is 0 Å². The Balaban J connectivity index is 2.15. The van der Waals surface area contributed by atoms with Gasteiger partial charge in [-0.25, -0.2) is 4.79 Å². The van der Waals surface area contributed by atoms with Crippen LogP contribution >= 0.6 is 0 Å². The average Bonchev–Trinajstić information content (AvgIpc) is 3.17. The van der Waals surface area contributed by atoms with Gasteiger partial charge in [0.1, 0.15) is 23.4 Å². The quantitative estimate of drug-likeness (QED) is 0.272. The van der Waals surface area contributed by atoms with Gasteiger partial charge in [-0.2, -0.15) is 0 Å². The third kappa shape index (κ3) is 8.82. The molecule has 0 spiro atoms. The van der Waals surface area contributed by atoms with Crippen LogP contribution in [0.25, 0.3) is 0 Å². The molecule has 39 heavy (non-hydrogen) atoms. The highest BCUT2D eigenvalue weighted by atomic mass is 16.5. The minimum atomic E-state index is -1.06. The number of hydrogen-bond donors (Lipinski definition) is 2. The molecule has 1 aromatic carbocycles. The van der Waals surface area contributed by atoms with Crippen LogP contribution in [0.3, 0.4) is 0 Å². The van der Waals surface area contributed by atoms with E-state index in [2.05, 4.69) is 15.3 Å². The largest absolute Gasteiger partial charge is 0.497 e. The smallest absolute Gasteiger partial charge is 0.328 e. The van der Waals surface area contributed by atoms with E-state index >= 15 is 0 Å². The Bertz CT molecular complexity index is 1160. The van der Waals surface area contributed by atoms with E-state index in [1.165, 1.54) is 0 Å². The molecule has 0 radical (unpaired) electrons. The summed E-state index contributed by atoms with van der Waals surface area (Å²) in [6.07, 6.45) is 0.493. The van der Waals surface area contributed by atoms with Crippen LogP contribution in [0, 0.1) is 5.92 Å². The number of nitrogens with one attached hydrogen (secondary N) is 2. The van der Waals surface area contributed by atoms with Crippen LogP contribution in [-0.2, 0) is 35.1 Å². The maximum Gasteiger partial charge on any atom is 0.328 e. The molecule has 0 saturated carbocycles. The first-order chi connectivity index (χ1) is 18.5. The molecular formula is C29H40N3O7+. The Hall–Kier alpha value is -3.91. The van der Waals surface area contributed by atoms with Gasteiger partial charge < -0.3 is 24.8 Å². The number of allylic oxidation sites excluding steroid dienone is 1. The number of nitrogens with zero attached hydrogens (tertiary/aromatic N) is 1. The third-order valence-electron chi connectivity index (χ3n) is 6.30. The molecule has 0 aromatic heterocycles. The molecule has 1 unspecified atom stereocenters. The number of amides is 2. The Morgan fingerprint density at radius 2 is 1.59 bits per heavy atom. The molecule has 0 saturated heterocycles. The summed E-state index contributed by atoms with van der Waals surface area (Å²) in [5.41, 5.74) is 3.52. The van der Waals surface area contributed by atoms with Crippen molar-refractivity contribution in [1.82, 2.24) is 15.3 Å². The minimum absolute atomic E-state index is 0.0157. The van der Waals surface area contributed by atoms with E-state index < -0.39 is 35.8 Å². The maximum atomic E-state index is 13.4. The van der Waals surface area contributed by atoms with Crippen molar-refractivity contribution >= 4 is 35.2 Å². The van der Waals surface area contributed by atoms with Gasteiger partial charge in [0.25, 0.3) is 5.91 Å². The van der Waals surface area contributed by atoms with Crippen LogP contribution in [0.5, 0.6) is 5.75 Å². The zero-order valence-electron chi connectivity index (χ0n) is 23.9. The normalized spacial score (nSPS) is 14.3. The van der Waals surface area contributed by atoms with Crippen LogP contribution in [0.15, 0.2) is 35.4 Å². The van der Waals surface area contributed by atoms with Crippen molar-refractivity contribution in [1.29, 1.82) is 0 Å². The van der Waals surface area contributed by atoms with Gasteiger partial charge in [0.05, 0.1) is 32.3 Å². The van der Waals surface area contributed by atoms with E-state index in [4.69, 9.17) is 14.2 Å². The summed E-state index contributed by atoms with van der Waals surface area (Å²) in [6, 6.07) is 5.65. The number of hydrogen-bond acceptors (Lipinski definition) is 7. The summed E-state index contributed by atoms with van der Waals surface area (Å²) >= 11 is 0. The highest BCUT2D eigenvalue weighted by Gasteiger charge is 2.37. The molecule has 0 bridgehead atoms. The van der Waals surface area contributed by atoms with Crippen molar-refractivity contribution in [3.8, 4) is 5.75 Å². The molecule has 2 rings (SSSR count). The number of rotatable bonds is 14. The summed E-state index contributed by atoms with van der Waals surface area (Å²) in [7, 11) is 1.61. The van der Waals surface area contributed by atoms with Crippen LogP contribution < -0.4 is 20.0 Å². The number of carbonyl (C=O) groups is 4. The number of carbonyl (C=O) groups excluding carboxylic acids is 4. The zero-order valence-corrected chi connectivity index (χ0v) is 23.9. The Labute approximate surface area is 229 Å². The lowest BCUT2D eigenvalue weighted by atomic mass is 9.97. The highest BCUT2D eigenvalue weighted by Crippen LogP contribution is 2.18. The fourth-order valence-corrected chi connectivity index (χ4v) is 4.20. The summed E-state index contributed by atoms with van der Waals surface area (Å²) in [6.45, 7) is 10.9. The molecule has 2 N–H and O–H groups in total. The number of methoxy groups -OCH3 is 1. The van der Waals surface area contributed by atoms with E-state index in [-0.39, 0.29) is 32.0 Å². The van der Waals surface area contributed by atoms with Crippen molar-refractivity contribution in [2.45, 2.75) is 72.9 Å². The molecule has 0 aliphatic carbocycles. The van der Waals surface area contributed by atoms with Gasteiger partial charge >= 0.3 is 23.4 Å². The number of ether oxygens (including phenoxy) is 3. The van der Waals surface area contributed by atoms with E-state index in [0.717, 1.165) is 22.6 Å². The van der Waals surface area contributed by atoms with Crippen molar-refractivity contribution in [2.75, 3.05) is 20.3 Å². The molecule has 212 valence electrons. The zero-order chi connectivity index (χ0) is 29.1. The standard InChI is InChI=1S/C29H39N3O7/c1-8-38-24(33)15-14-22(29(36)39-9-2)31-28(35)26(17(3)4)32-27(34)25-18(5)23(30-19(25)6)16-20-10-12-21(37-7)13-11-20/h10-13,17,22,26H,8-9,14-16H2,1-7H3,(H-,31,32,34,35)/p+1/t22?,26-/m0/s1. The van der Waals surface area contributed by atoms with Crippen molar-refractivity contribution in [3.63, 3.8) is 0 Å². The second kappa shape index (κ2) is 14.9. The fourth-order valence-electron chi connectivity index (χ4n) is 4.20. The predicted octanol–water partition coefficient (Wildman–Crippen LogP) is 2.07. The first-order valence-corrected chi connectivity index (χ1v) is 13.2.